The van der Waals surface area contributed by atoms with Gasteiger partial charge in [-0.2, -0.15) is 5.26 Å². The van der Waals surface area contributed by atoms with Gasteiger partial charge in [0.1, 0.15) is 16.7 Å². The van der Waals surface area contributed by atoms with Gasteiger partial charge in [-0.05, 0) is 61.4 Å². The molecule has 0 saturated carbocycles. The summed E-state index contributed by atoms with van der Waals surface area (Å²) in [7, 11) is 0. The molecule has 1 saturated heterocycles. The van der Waals surface area contributed by atoms with Crippen molar-refractivity contribution in [1.82, 2.24) is 0 Å². The first-order valence-electron chi connectivity index (χ1n) is 11.6. The lowest BCUT2D eigenvalue weighted by Crippen LogP contribution is -2.31. The van der Waals surface area contributed by atoms with Crippen molar-refractivity contribution in [1.29, 1.82) is 5.26 Å². The lowest BCUT2D eigenvalue weighted by molar-refractivity contribution is -0.117. The zero-order chi connectivity index (χ0) is 27.2. The second-order valence-corrected chi connectivity index (χ2v) is 10.1. The Morgan fingerprint density at radius 2 is 1.76 bits per heavy atom. The van der Waals surface area contributed by atoms with Gasteiger partial charge < -0.3 is 10.1 Å². The van der Waals surface area contributed by atoms with E-state index in [1.54, 1.807) is 49.4 Å². The predicted octanol–water partition coefficient (Wildman–Crippen LogP) is 6.24. The van der Waals surface area contributed by atoms with E-state index in [1.807, 2.05) is 12.1 Å². The first-order valence-corrected chi connectivity index (χ1v) is 13.2. The molecule has 0 aromatic heterocycles. The number of hydrogen-bond acceptors (Lipinski definition) is 6. The van der Waals surface area contributed by atoms with Gasteiger partial charge >= 0.3 is 5.97 Å². The van der Waals surface area contributed by atoms with Crippen molar-refractivity contribution in [2.24, 2.45) is 0 Å². The minimum absolute atomic E-state index is 0.215. The molecule has 3 aromatic rings. The Balaban J connectivity index is 1.66. The van der Waals surface area contributed by atoms with Crippen molar-refractivity contribution in [3.05, 3.63) is 105 Å². The Bertz CT molecular complexity index is 1450. The van der Waals surface area contributed by atoms with E-state index >= 15 is 0 Å². The van der Waals surface area contributed by atoms with Crippen LogP contribution >= 0.6 is 35.0 Å². The van der Waals surface area contributed by atoms with Crippen molar-refractivity contribution in [3.8, 4) is 6.07 Å². The van der Waals surface area contributed by atoms with Gasteiger partial charge in [0.15, 0.2) is 0 Å². The fourth-order valence-corrected chi connectivity index (χ4v) is 5.50. The van der Waals surface area contributed by atoms with Crippen LogP contribution in [-0.4, -0.2) is 29.6 Å². The number of esters is 1. The highest BCUT2D eigenvalue weighted by Crippen LogP contribution is 2.43. The van der Waals surface area contributed by atoms with Crippen molar-refractivity contribution in [2.75, 3.05) is 16.8 Å². The zero-order valence-electron chi connectivity index (χ0n) is 20.1. The van der Waals surface area contributed by atoms with E-state index in [1.165, 1.54) is 29.2 Å². The van der Waals surface area contributed by atoms with Crippen LogP contribution in [0.5, 0.6) is 0 Å². The molecular weight excluding hydrogens is 545 g/mol. The Labute approximate surface area is 234 Å². The molecule has 2 amide bonds. The van der Waals surface area contributed by atoms with Crippen molar-refractivity contribution in [2.45, 2.75) is 18.6 Å². The molecule has 0 spiro atoms. The van der Waals surface area contributed by atoms with Crippen LogP contribution in [0.1, 0.15) is 22.8 Å². The molecule has 10 heteroatoms. The number of amides is 2. The second kappa shape index (κ2) is 12.2. The number of carbonyl (C=O) groups is 3. The molecule has 1 fully saturated rings. The van der Waals surface area contributed by atoms with Gasteiger partial charge in [0.05, 0.1) is 27.5 Å². The Morgan fingerprint density at radius 3 is 2.42 bits per heavy atom. The fourth-order valence-electron chi connectivity index (χ4n) is 3.80. The van der Waals surface area contributed by atoms with E-state index in [9.17, 15) is 19.6 Å². The second-order valence-electron chi connectivity index (χ2n) is 8.08. The largest absolute Gasteiger partial charge is 0.462 e. The number of hydrogen-bond donors (Lipinski definition) is 1. The van der Waals surface area contributed by atoms with Crippen molar-refractivity contribution >= 4 is 64.1 Å². The highest BCUT2D eigenvalue weighted by molar-refractivity contribution is 8.05. The van der Waals surface area contributed by atoms with Gasteiger partial charge in [0.2, 0.25) is 5.91 Å². The molecule has 1 aliphatic rings. The number of nitrogens with one attached hydrogen (secondary N) is 1. The normalized spacial score (nSPS) is 16.1. The average molecular weight is 566 g/mol. The lowest BCUT2D eigenvalue weighted by atomic mass is 10.1. The summed E-state index contributed by atoms with van der Waals surface area (Å²) in [4.78, 5) is 40.1. The smallest absolute Gasteiger partial charge is 0.338 e. The molecule has 1 N–H and O–H groups in total. The summed E-state index contributed by atoms with van der Waals surface area (Å²) in [6.45, 7) is 1.96. The van der Waals surface area contributed by atoms with Crippen LogP contribution in [0.2, 0.25) is 10.0 Å². The van der Waals surface area contributed by atoms with Crippen LogP contribution in [0.25, 0.3) is 0 Å². The van der Waals surface area contributed by atoms with Crippen LogP contribution < -0.4 is 10.2 Å². The third kappa shape index (κ3) is 5.86. The number of nitriles is 1. The van der Waals surface area contributed by atoms with Crippen molar-refractivity contribution in [3.63, 3.8) is 0 Å². The maximum absolute atomic E-state index is 13.6. The number of para-hydroxylation sites is 1. The molecule has 192 valence electrons. The van der Waals surface area contributed by atoms with Gasteiger partial charge in [0, 0.05) is 11.4 Å². The highest BCUT2D eigenvalue weighted by atomic mass is 35.5. The predicted molar refractivity (Wildman–Crippen MR) is 149 cm³/mol. The standard InChI is InChI=1S/C28H21Cl2N3O4S/c1-2-37-28(36)17-11-13-19(14-12-17)32-25(34)21(16-31)27-33(20-8-4-3-5-9-20)26(35)23(38-27)15-18-7-6-10-22(29)24(18)30/h3-14,23H,2,15H2,1H3,(H,32,34). The first kappa shape index (κ1) is 27.3. The number of ether oxygens (including phenoxy) is 1. The minimum Gasteiger partial charge on any atom is -0.462 e. The van der Waals surface area contributed by atoms with Gasteiger partial charge in [-0.3, -0.25) is 14.5 Å². The minimum atomic E-state index is -0.686. The molecule has 1 atom stereocenters. The van der Waals surface area contributed by atoms with Gasteiger partial charge in [-0.1, -0.05) is 65.3 Å². The molecule has 4 rings (SSSR count). The van der Waals surface area contributed by atoms with Crippen LogP contribution in [0.15, 0.2) is 83.4 Å². The van der Waals surface area contributed by atoms with E-state index in [4.69, 9.17) is 27.9 Å². The fraction of sp³-hybridized carbons (Fsp3) is 0.143. The van der Waals surface area contributed by atoms with E-state index in [2.05, 4.69) is 5.32 Å². The maximum atomic E-state index is 13.6. The zero-order valence-corrected chi connectivity index (χ0v) is 22.4. The van der Waals surface area contributed by atoms with Crippen LogP contribution in [0.4, 0.5) is 11.4 Å². The third-order valence-electron chi connectivity index (χ3n) is 5.61. The molecule has 0 aliphatic carbocycles. The molecule has 1 aliphatic heterocycles. The van der Waals surface area contributed by atoms with Gasteiger partial charge in [-0.15, -0.1) is 0 Å². The molecule has 7 nitrogen and oxygen atoms in total. The summed E-state index contributed by atoms with van der Waals surface area (Å²) in [6.07, 6.45) is 0.255. The van der Waals surface area contributed by atoms with E-state index < -0.39 is 17.1 Å². The van der Waals surface area contributed by atoms with E-state index in [-0.39, 0.29) is 29.5 Å². The van der Waals surface area contributed by atoms with E-state index in [0.29, 0.717) is 32.5 Å². The van der Waals surface area contributed by atoms with Crippen LogP contribution in [0, 0.1) is 11.3 Å². The summed E-state index contributed by atoms with van der Waals surface area (Å²) in [5, 5.41) is 13.0. The monoisotopic (exact) mass is 565 g/mol. The summed E-state index contributed by atoms with van der Waals surface area (Å²) in [5.74, 6) is -1.45. The molecule has 1 heterocycles. The molecule has 1 unspecified atom stereocenters. The number of nitrogens with zero attached hydrogens (tertiary/aromatic N) is 2. The Kier molecular flexibility index (Phi) is 8.74. The summed E-state index contributed by atoms with van der Waals surface area (Å²) in [6, 6.07) is 22.1. The molecule has 0 radical (unpaired) electrons. The maximum Gasteiger partial charge on any atom is 0.338 e. The molecule has 38 heavy (non-hydrogen) atoms. The number of thioether (sulfide) groups is 1. The highest BCUT2D eigenvalue weighted by Gasteiger charge is 2.41. The number of halogens is 2. The number of carbonyl (C=O) groups excluding carboxylic acids is 3. The first-order chi connectivity index (χ1) is 18.3. The van der Waals surface area contributed by atoms with Gasteiger partial charge in [-0.25, -0.2) is 4.79 Å². The Morgan fingerprint density at radius 1 is 1.05 bits per heavy atom. The Hall–Kier alpha value is -3.77. The number of rotatable bonds is 7. The topological polar surface area (TPSA) is 99.5 Å². The SMILES string of the molecule is CCOC(=O)c1ccc(NC(=O)C(C#N)=C2SC(Cc3cccc(Cl)c3Cl)C(=O)N2c2ccccc2)cc1. The van der Waals surface area contributed by atoms with Crippen LogP contribution in [-0.2, 0) is 20.7 Å². The molecule has 3 aromatic carbocycles. The molecular formula is C28H21Cl2N3O4S. The van der Waals surface area contributed by atoms with Gasteiger partial charge in [0.25, 0.3) is 5.91 Å². The third-order valence-corrected chi connectivity index (χ3v) is 7.73. The van der Waals surface area contributed by atoms with Crippen molar-refractivity contribution < 1.29 is 19.1 Å². The summed E-state index contributed by atoms with van der Waals surface area (Å²) >= 11 is 13.6. The summed E-state index contributed by atoms with van der Waals surface area (Å²) < 4.78 is 4.97. The quantitative estimate of drug-likeness (QED) is 0.207. The summed E-state index contributed by atoms with van der Waals surface area (Å²) in [5.41, 5.74) is 1.70. The molecule has 0 bridgehead atoms. The number of anilines is 2. The lowest BCUT2D eigenvalue weighted by Gasteiger charge is -2.18. The number of benzene rings is 3. The van der Waals surface area contributed by atoms with Crippen LogP contribution in [0.3, 0.4) is 0 Å². The van der Waals surface area contributed by atoms with E-state index in [0.717, 1.165) is 11.8 Å². The average Bonchev–Trinajstić information content (AvgIpc) is 3.23.